The van der Waals surface area contributed by atoms with Crippen molar-refractivity contribution in [1.82, 2.24) is 15.0 Å². The number of pyridine rings is 1. The Labute approximate surface area is 187 Å². The van der Waals surface area contributed by atoms with E-state index in [0.29, 0.717) is 5.82 Å². The number of morpholine rings is 1. The summed E-state index contributed by atoms with van der Waals surface area (Å²) in [6.07, 6.45) is 8.36. The summed E-state index contributed by atoms with van der Waals surface area (Å²) < 4.78 is 11.9. The number of anilines is 2. The smallest absolute Gasteiger partial charge is 0.228 e. The fraction of sp³-hybridized carbons (Fsp3) is 0.417. The molecule has 2 aliphatic rings. The van der Waals surface area contributed by atoms with Gasteiger partial charge in [0.05, 0.1) is 24.8 Å². The lowest BCUT2D eigenvalue weighted by Crippen LogP contribution is -2.36. The summed E-state index contributed by atoms with van der Waals surface area (Å²) in [7, 11) is 0. The van der Waals surface area contributed by atoms with Gasteiger partial charge in [-0.05, 0) is 43.9 Å². The molecule has 0 unspecified atom stereocenters. The number of hydrogen-bond acceptors (Lipinski definition) is 7. The summed E-state index contributed by atoms with van der Waals surface area (Å²) in [4.78, 5) is 28.1. The number of benzene rings is 1. The van der Waals surface area contributed by atoms with Crippen LogP contribution >= 0.6 is 0 Å². The van der Waals surface area contributed by atoms with Gasteiger partial charge < -0.3 is 19.7 Å². The van der Waals surface area contributed by atoms with E-state index in [1.807, 2.05) is 12.1 Å². The number of amides is 1. The van der Waals surface area contributed by atoms with Crippen LogP contribution < -0.4 is 15.0 Å². The SMILES string of the molecule is O=C(Nc1ccccn1)[C@H]1CC[C@@H](Oc2cc(N3CCOCC3)cc3nccnc23)CC1. The number of ether oxygens (including phenoxy) is 2. The average Bonchev–Trinajstić information content (AvgIpc) is 2.85. The third-order valence-corrected chi connectivity index (χ3v) is 6.15. The minimum Gasteiger partial charge on any atom is -0.488 e. The molecule has 32 heavy (non-hydrogen) atoms. The van der Waals surface area contributed by atoms with E-state index in [2.05, 4.69) is 37.3 Å². The molecule has 1 aliphatic carbocycles. The molecule has 8 nitrogen and oxygen atoms in total. The van der Waals surface area contributed by atoms with Gasteiger partial charge in [-0.25, -0.2) is 9.97 Å². The molecule has 3 heterocycles. The van der Waals surface area contributed by atoms with Crippen molar-refractivity contribution in [2.75, 3.05) is 36.5 Å². The maximum atomic E-state index is 12.6. The standard InChI is InChI=1S/C24H27N5O3/c30-24(28-22-3-1-2-8-26-22)17-4-6-19(7-5-17)32-21-16-18(29-11-13-31-14-12-29)15-20-23(21)27-10-9-25-20/h1-3,8-10,15-17,19H,4-7,11-14H2,(H,26,28,30)/t17-,19+. The van der Waals surface area contributed by atoms with Gasteiger partial charge in [-0.2, -0.15) is 0 Å². The van der Waals surface area contributed by atoms with Crippen molar-refractivity contribution in [1.29, 1.82) is 0 Å². The Morgan fingerprint density at radius 1 is 1.00 bits per heavy atom. The fourth-order valence-electron chi connectivity index (χ4n) is 4.41. The highest BCUT2D eigenvalue weighted by atomic mass is 16.5. The third kappa shape index (κ3) is 4.65. The van der Waals surface area contributed by atoms with Crippen LogP contribution in [0.2, 0.25) is 0 Å². The van der Waals surface area contributed by atoms with E-state index in [-0.39, 0.29) is 17.9 Å². The predicted octanol–water partition coefficient (Wildman–Crippen LogP) is 3.44. The Bertz CT molecular complexity index is 1060. The minimum atomic E-state index is -0.0203. The molecule has 1 aliphatic heterocycles. The molecular formula is C24H27N5O3. The van der Waals surface area contributed by atoms with Crippen LogP contribution in [0.1, 0.15) is 25.7 Å². The fourth-order valence-corrected chi connectivity index (χ4v) is 4.41. The van der Waals surface area contributed by atoms with E-state index in [0.717, 1.165) is 74.5 Å². The summed E-state index contributed by atoms with van der Waals surface area (Å²) in [5, 5.41) is 2.92. The number of carbonyl (C=O) groups is 1. The molecule has 0 atom stereocenters. The van der Waals surface area contributed by atoms with Gasteiger partial charge >= 0.3 is 0 Å². The summed E-state index contributed by atoms with van der Waals surface area (Å²) in [5.74, 6) is 1.38. The average molecular weight is 434 g/mol. The van der Waals surface area contributed by atoms with Crippen molar-refractivity contribution >= 4 is 28.4 Å². The van der Waals surface area contributed by atoms with E-state index in [1.54, 1.807) is 24.7 Å². The number of rotatable bonds is 5. The minimum absolute atomic E-state index is 0.0203. The van der Waals surface area contributed by atoms with Gasteiger partial charge in [0.2, 0.25) is 5.91 Å². The van der Waals surface area contributed by atoms with Crippen molar-refractivity contribution in [2.45, 2.75) is 31.8 Å². The van der Waals surface area contributed by atoms with Gasteiger partial charge in [-0.3, -0.25) is 9.78 Å². The molecular weight excluding hydrogens is 406 g/mol. The third-order valence-electron chi connectivity index (χ3n) is 6.15. The summed E-state index contributed by atoms with van der Waals surface area (Å²) in [6, 6.07) is 9.65. The van der Waals surface area contributed by atoms with E-state index < -0.39 is 0 Å². The van der Waals surface area contributed by atoms with E-state index in [1.165, 1.54) is 0 Å². The second-order valence-electron chi connectivity index (χ2n) is 8.26. The Morgan fingerprint density at radius 2 is 1.81 bits per heavy atom. The lowest BCUT2D eigenvalue weighted by atomic mass is 9.86. The Balaban J connectivity index is 1.26. The molecule has 0 bridgehead atoms. The van der Waals surface area contributed by atoms with Crippen LogP contribution in [-0.4, -0.2) is 53.3 Å². The molecule has 0 spiro atoms. The topological polar surface area (TPSA) is 89.5 Å². The molecule has 1 N–H and O–H groups in total. The molecule has 1 amide bonds. The first-order chi connectivity index (χ1) is 15.8. The zero-order valence-corrected chi connectivity index (χ0v) is 17.9. The molecule has 2 aromatic heterocycles. The van der Waals surface area contributed by atoms with Crippen molar-refractivity contribution < 1.29 is 14.3 Å². The van der Waals surface area contributed by atoms with Crippen LogP contribution in [-0.2, 0) is 9.53 Å². The van der Waals surface area contributed by atoms with Crippen molar-refractivity contribution in [3.05, 3.63) is 48.9 Å². The number of carbonyl (C=O) groups excluding carboxylic acids is 1. The highest BCUT2D eigenvalue weighted by Crippen LogP contribution is 2.34. The van der Waals surface area contributed by atoms with Crippen LogP contribution in [0.4, 0.5) is 11.5 Å². The van der Waals surface area contributed by atoms with Crippen molar-refractivity contribution in [2.24, 2.45) is 5.92 Å². The number of fused-ring (bicyclic) bond motifs is 1. The first-order valence-corrected chi connectivity index (χ1v) is 11.2. The largest absolute Gasteiger partial charge is 0.488 e. The molecule has 8 heteroatoms. The molecule has 3 aromatic rings. The maximum absolute atomic E-state index is 12.6. The van der Waals surface area contributed by atoms with Crippen LogP contribution in [0, 0.1) is 5.92 Å². The molecule has 1 saturated carbocycles. The lowest BCUT2D eigenvalue weighted by molar-refractivity contribution is -0.121. The Morgan fingerprint density at radius 3 is 2.59 bits per heavy atom. The molecule has 5 rings (SSSR count). The van der Waals surface area contributed by atoms with Gasteiger partial charge in [0.25, 0.3) is 0 Å². The highest BCUT2D eigenvalue weighted by Gasteiger charge is 2.28. The highest BCUT2D eigenvalue weighted by molar-refractivity contribution is 5.91. The Kier molecular flexibility index (Phi) is 6.11. The van der Waals surface area contributed by atoms with Crippen LogP contribution in [0.25, 0.3) is 11.0 Å². The summed E-state index contributed by atoms with van der Waals surface area (Å²) in [6.45, 7) is 3.14. The van der Waals surface area contributed by atoms with Crippen LogP contribution in [0.3, 0.4) is 0 Å². The number of nitrogens with one attached hydrogen (secondary N) is 1. The second kappa shape index (κ2) is 9.48. The maximum Gasteiger partial charge on any atom is 0.228 e. The van der Waals surface area contributed by atoms with Crippen LogP contribution in [0.15, 0.2) is 48.9 Å². The Hall–Kier alpha value is -3.26. The quantitative estimate of drug-likeness (QED) is 0.659. The summed E-state index contributed by atoms with van der Waals surface area (Å²) in [5.41, 5.74) is 2.69. The molecule has 1 aromatic carbocycles. The molecule has 2 fully saturated rings. The van der Waals surface area contributed by atoms with Gasteiger partial charge in [-0.15, -0.1) is 0 Å². The van der Waals surface area contributed by atoms with Gasteiger partial charge in [0.15, 0.2) is 0 Å². The second-order valence-corrected chi connectivity index (χ2v) is 8.26. The van der Waals surface area contributed by atoms with E-state index in [4.69, 9.17) is 9.47 Å². The first kappa shape index (κ1) is 20.6. The van der Waals surface area contributed by atoms with Crippen LogP contribution in [0.5, 0.6) is 5.75 Å². The number of aromatic nitrogens is 3. The number of nitrogens with zero attached hydrogens (tertiary/aromatic N) is 4. The zero-order chi connectivity index (χ0) is 21.8. The lowest BCUT2D eigenvalue weighted by Gasteiger charge is -2.31. The summed E-state index contributed by atoms with van der Waals surface area (Å²) >= 11 is 0. The predicted molar refractivity (Wildman–Crippen MR) is 122 cm³/mol. The molecule has 166 valence electrons. The normalized spacial score (nSPS) is 21.3. The van der Waals surface area contributed by atoms with Crippen molar-refractivity contribution in [3.8, 4) is 5.75 Å². The van der Waals surface area contributed by atoms with Gasteiger partial charge in [0.1, 0.15) is 17.1 Å². The molecule has 1 saturated heterocycles. The monoisotopic (exact) mass is 433 g/mol. The molecule has 0 radical (unpaired) electrons. The van der Waals surface area contributed by atoms with Gasteiger partial charge in [0, 0.05) is 49.4 Å². The first-order valence-electron chi connectivity index (χ1n) is 11.2. The van der Waals surface area contributed by atoms with Gasteiger partial charge in [-0.1, -0.05) is 6.07 Å². The van der Waals surface area contributed by atoms with E-state index in [9.17, 15) is 4.79 Å². The van der Waals surface area contributed by atoms with Crippen molar-refractivity contribution in [3.63, 3.8) is 0 Å². The number of hydrogen-bond donors (Lipinski definition) is 1. The van der Waals surface area contributed by atoms with E-state index >= 15 is 0 Å². The zero-order valence-electron chi connectivity index (χ0n) is 17.9.